The second kappa shape index (κ2) is 9.69. The average molecular weight is 537 g/mol. The van der Waals surface area contributed by atoms with Crippen molar-refractivity contribution in [1.82, 2.24) is 24.5 Å². The number of anilines is 2. The summed E-state index contributed by atoms with van der Waals surface area (Å²) in [6.07, 6.45) is 8.00. The van der Waals surface area contributed by atoms with Crippen LogP contribution < -0.4 is 21.1 Å². The number of benzene rings is 1. The second-order valence-electron chi connectivity index (χ2n) is 10.3. The van der Waals surface area contributed by atoms with E-state index in [9.17, 15) is 9.50 Å². The van der Waals surface area contributed by atoms with E-state index in [0.717, 1.165) is 55.6 Å². The number of fused-ring (bicyclic) bond motifs is 2. The largest absolute Gasteiger partial charge is 0.494 e. The van der Waals surface area contributed by atoms with E-state index in [1.165, 1.54) is 13.4 Å². The molecule has 6 rings (SSSR count). The number of aromatic nitrogens is 5. The first kappa shape index (κ1) is 25.4. The maximum atomic E-state index is 15.0. The van der Waals surface area contributed by atoms with Crippen molar-refractivity contribution in [2.24, 2.45) is 5.73 Å². The summed E-state index contributed by atoms with van der Waals surface area (Å²) in [7, 11) is 1.28. The maximum Gasteiger partial charge on any atom is 0.165 e. The first-order chi connectivity index (χ1) is 18.8. The van der Waals surface area contributed by atoms with Crippen LogP contribution in [0.2, 0.25) is 0 Å². The molecular formula is C27H30F2N8O2. The summed E-state index contributed by atoms with van der Waals surface area (Å²) in [5.74, 6) is -1.25. The Morgan fingerprint density at radius 1 is 1.10 bits per heavy atom. The van der Waals surface area contributed by atoms with Gasteiger partial charge in [-0.15, -0.1) is 0 Å². The zero-order chi connectivity index (χ0) is 27.3. The number of rotatable bonds is 5. The standard InChI is InChI=1S/C27H30F2N8O2/c1-39-21-10-17(28)16(9-18(21)29)19-8-15(12-36-14-35-24-25(30)33-13-34-26(24)36)20(11-32-19)37-7-3-6-27(31)22(37)4-2-5-23(27)38/h8-11,13-14,22-23,38H,2-7,12,31H2,1H3,(H2,30,33,34)/t22?,23-,27+/m0/s1. The summed E-state index contributed by atoms with van der Waals surface area (Å²) in [4.78, 5) is 19.5. The van der Waals surface area contributed by atoms with E-state index < -0.39 is 23.3 Å². The maximum absolute atomic E-state index is 15.0. The summed E-state index contributed by atoms with van der Waals surface area (Å²) in [5.41, 5.74) is 15.0. The fraction of sp³-hybridized carbons (Fsp3) is 0.407. The van der Waals surface area contributed by atoms with Crippen molar-refractivity contribution < 1.29 is 18.6 Å². The van der Waals surface area contributed by atoms with Gasteiger partial charge in [0.1, 0.15) is 17.7 Å². The molecule has 1 saturated heterocycles. The highest BCUT2D eigenvalue weighted by Crippen LogP contribution is 2.41. The molecule has 3 aromatic heterocycles. The highest BCUT2D eigenvalue weighted by molar-refractivity contribution is 5.81. The van der Waals surface area contributed by atoms with Crippen molar-refractivity contribution >= 4 is 22.7 Å². The number of nitrogens with two attached hydrogens (primary N) is 2. The molecule has 12 heteroatoms. The molecule has 1 aromatic carbocycles. The van der Waals surface area contributed by atoms with Crippen LogP contribution in [-0.2, 0) is 6.54 Å². The van der Waals surface area contributed by atoms with Crippen LogP contribution in [-0.4, -0.2) is 60.9 Å². The van der Waals surface area contributed by atoms with Crippen LogP contribution in [0.1, 0.15) is 37.7 Å². The molecule has 1 unspecified atom stereocenters. The molecule has 2 aliphatic rings. The molecule has 10 nitrogen and oxygen atoms in total. The van der Waals surface area contributed by atoms with Gasteiger partial charge in [-0.05, 0) is 49.8 Å². The molecule has 0 spiro atoms. The van der Waals surface area contributed by atoms with Crippen molar-refractivity contribution in [3.05, 3.63) is 54.2 Å². The van der Waals surface area contributed by atoms with Gasteiger partial charge in [0.25, 0.3) is 0 Å². The van der Waals surface area contributed by atoms with Gasteiger partial charge in [-0.1, -0.05) is 0 Å². The third kappa shape index (κ3) is 4.23. The lowest BCUT2D eigenvalue weighted by Crippen LogP contribution is -2.69. The second-order valence-corrected chi connectivity index (χ2v) is 10.3. The van der Waals surface area contributed by atoms with Crippen molar-refractivity contribution in [2.75, 3.05) is 24.3 Å². The van der Waals surface area contributed by atoms with Crippen molar-refractivity contribution in [3.63, 3.8) is 0 Å². The van der Waals surface area contributed by atoms with Gasteiger partial charge in [-0.2, -0.15) is 0 Å². The monoisotopic (exact) mass is 536 g/mol. The smallest absolute Gasteiger partial charge is 0.165 e. The van der Waals surface area contributed by atoms with Crippen LogP contribution >= 0.6 is 0 Å². The number of aliphatic hydroxyl groups excluding tert-OH is 1. The van der Waals surface area contributed by atoms with E-state index in [0.29, 0.717) is 24.1 Å². The Labute approximate surface area is 223 Å². The lowest BCUT2D eigenvalue weighted by molar-refractivity contribution is 0.0166. The van der Waals surface area contributed by atoms with E-state index in [2.05, 4.69) is 24.8 Å². The first-order valence-corrected chi connectivity index (χ1v) is 13.0. The molecule has 39 heavy (non-hydrogen) atoms. The minimum atomic E-state index is -0.735. The Balaban J connectivity index is 1.48. The summed E-state index contributed by atoms with van der Waals surface area (Å²) in [5, 5.41) is 10.8. The van der Waals surface area contributed by atoms with Gasteiger partial charge in [0.2, 0.25) is 0 Å². The zero-order valence-electron chi connectivity index (χ0n) is 21.5. The van der Waals surface area contributed by atoms with Gasteiger partial charge >= 0.3 is 0 Å². The van der Waals surface area contributed by atoms with Crippen LogP contribution in [0.25, 0.3) is 22.4 Å². The molecule has 0 amide bonds. The number of nitrogen functional groups attached to an aromatic ring is 1. The summed E-state index contributed by atoms with van der Waals surface area (Å²) in [6.45, 7) is 1.04. The van der Waals surface area contributed by atoms with E-state index >= 15 is 4.39 Å². The van der Waals surface area contributed by atoms with E-state index in [1.54, 1.807) is 18.6 Å². The lowest BCUT2D eigenvalue weighted by Gasteiger charge is -2.54. The third-order valence-corrected chi connectivity index (χ3v) is 8.14. The molecule has 204 valence electrons. The SMILES string of the molecule is COc1cc(F)c(-c2cc(Cn3cnc4c(N)ncnc43)c(N3CCC[C@@]4(N)C3CCC[C@@H]4O)cn2)cc1F. The number of ether oxygens (including phenoxy) is 1. The Bertz CT molecular complexity index is 1550. The third-order valence-electron chi connectivity index (χ3n) is 8.14. The highest BCUT2D eigenvalue weighted by Gasteiger charge is 2.49. The molecule has 4 aromatic rings. The van der Waals surface area contributed by atoms with E-state index in [1.807, 2.05) is 4.57 Å². The topological polar surface area (TPSA) is 141 Å². The van der Waals surface area contributed by atoms with Gasteiger partial charge < -0.3 is 30.8 Å². The van der Waals surface area contributed by atoms with Crippen LogP contribution in [0.4, 0.5) is 20.3 Å². The van der Waals surface area contributed by atoms with Crippen molar-refractivity contribution in [3.8, 4) is 17.0 Å². The Morgan fingerprint density at radius 2 is 1.95 bits per heavy atom. The number of hydrogen-bond donors (Lipinski definition) is 3. The van der Waals surface area contributed by atoms with Crippen LogP contribution in [0.3, 0.4) is 0 Å². The minimum Gasteiger partial charge on any atom is -0.494 e. The van der Waals surface area contributed by atoms with Crippen LogP contribution in [0, 0.1) is 11.6 Å². The molecule has 0 bridgehead atoms. The van der Waals surface area contributed by atoms with Gasteiger partial charge in [0, 0.05) is 24.2 Å². The predicted octanol–water partition coefficient (Wildman–Crippen LogP) is 3.02. The van der Waals surface area contributed by atoms with Crippen molar-refractivity contribution in [2.45, 2.75) is 56.3 Å². The Morgan fingerprint density at radius 3 is 2.77 bits per heavy atom. The first-order valence-electron chi connectivity index (χ1n) is 13.0. The fourth-order valence-corrected chi connectivity index (χ4v) is 6.14. The number of aliphatic hydroxyl groups is 1. The van der Waals surface area contributed by atoms with Gasteiger partial charge in [-0.25, -0.2) is 23.7 Å². The van der Waals surface area contributed by atoms with Crippen molar-refractivity contribution in [1.29, 1.82) is 0 Å². The van der Waals surface area contributed by atoms with E-state index in [-0.39, 0.29) is 28.9 Å². The molecule has 1 aliphatic heterocycles. The Hall–Kier alpha value is -3.90. The predicted molar refractivity (Wildman–Crippen MR) is 142 cm³/mol. The number of hydrogen-bond acceptors (Lipinski definition) is 9. The van der Waals surface area contributed by atoms with Crippen LogP contribution in [0.15, 0.2) is 37.1 Å². The number of halogens is 2. The zero-order valence-corrected chi connectivity index (χ0v) is 21.5. The van der Waals surface area contributed by atoms with Crippen LogP contribution in [0.5, 0.6) is 5.75 Å². The van der Waals surface area contributed by atoms with Gasteiger partial charge in [-0.3, -0.25) is 4.98 Å². The molecule has 0 radical (unpaired) electrons. The van der Waals surface area contributed by atoms with E-state index in [4.69, 9.17) is 16.2 Å². The number of imidazole rings is 1. The fourth-order valence-electron chi connectivity index (χ4n) is 6.14. The minimum absolute atomic E-state index is 0.0167. The van der Waals surface area contributed by atoms with Gasteiger partial charge in [0.05, 0.1) is 49.2 Å². The molecule has 1 saturated carbocycles. The Kier molecular flexibility index (Phi) is 6.31. The molecular weight excluding hydrogens is 506 g/mol. The average Bonchev–Trinajstić information content (AvgIpc) is 3.34. The lowest BCUT2D eigenvalue weighted by atomic mass is 9.70. The molecule has 3 atom stereocenters. The van der Waals surface area contributed by atoms with Gasteiger partial charge in [0.15, 0.2) is 23.0 Å². The molecule has 5 N–H and O–H groups in total. The molecule has 1 aliphatic carbocycles. The number of piperidine rings is 1. The number of methoxy groups -OCH3 is 1. The summed E-state index contributed by atoms with van der Waals surface area (Å²) >= 11 is 0. The molecule has 2 fully saturated rings. The number of pyridine rings is 1. The molecule has 4 heterocycles. The summed E-state index contributed by atoms with van der Waals surface area (Å²) in [6, 6.07) is 3.76. The normalized spacial score (nSPS) is 23.2. The highest BCUT2D eigenvalue weighted by atomic mass is 19.1. The number of nitrogens with zero attached hydrogens (tertiary/aromatic N) is 6. The summed E-state index contributed by atoms with van der Waals surface area (Å²) < 4.78 is 36.4. The quantitative estimate of drug-likeness (QED) is 0.351.